The van der Waals surface area contributed by atoms with Gasteiger partial charge in [0.15, 0.2) is 5.78 Å². The van der Waals surface area contributed by atoms with Gasteiger partial charge in [0, 0.05) is 23.1 Å². The van der Waals surface area contributed by atoms with Gasteiger partial charge in [-0.1, -0.05) is 11.6 Å². The first-order valence-electron chi connectivity index (χ1n) is 5.39. The van der Waals surface area contributed by atoms with E-state index in [0.717, 1.165) is 18.2 Å². The van der Waals surface area contributed by atoms with Gasteiger partial charge in [0.2, 0.25) is 0 Å². The van der Waals surface area contributed by atoms with Crippen LogP contribution in [0.4, 0.5) is 13.2 Å². The zero-order valence-electron chi connectivity index (χ0n) is 9.59. The molecule has 98 valence electrons. The van der Waals surface area contributed by atoms with E-state index in [0.29, 0.717) is 6.07 Å². The molecule has 1 nitrogen and oxygen atoms in total. The summed E-state index contributed by atoms with van der Waals surface area (Å²) in [5.74, 6) is -2.88. The van der Waals surface area contributed by atoms with Gasteiger partial charge < -0.3 is 0 Å². The van der Waals surface area contributed by atoms with Crippen LogP contribution < -0.4 is 0 Å². The van der Waals surface area contributed by atoms with Gasteiger partial charge in [-0.05, 0) is 35.9 Å². The van der Waals surface area contributed by atoms with Crippen molar-refractivity contribution in [3.63, 3.8) is 0 Å². The van der Waals surface area contributed by atoms with Crippen molar-refractivity contribution in [2.45, 2.75) is 6.42 Å². The van der Waals surface area contributed by atoms with E-state index in [-0.39, 0.29) is 22.6 Å². The molecule has 0 atom stereocenters. The molecule has 2 aromatic rings. The van der Waals surface area contributed by atoms with Gasteiger partial charge in [-0.2, -0.15) is 0 Å². The van der Waals surface area contributed by atoms with Crippen molar-refractivity contribution in [3.8, 4) is 0 Å². The van der Waals surface area contributed by atoms with Gasteiger partial charge in [0.25, 0.3) is 0 Å². The van der Waals surface area contributed by atoms with E-state index in [2.05, 4.69) is 0 Å². The molecule has 0 saturated carbocycles. The normalized spacial score (nSPS) is 10.5. The Balaban J connectivity index is 2.28. The minimum Gasteiger partial charge on any atom is -0.294 e. The summed E-state index contributed by atoms with van der Waals surface area (Å²) in [5.41, 5.74) is -0.0564. The second-order valence-electron chi connectivity index (χ2n) is 3.99. The third-order valence-corrected chi connectivity index (χ3v) is 2.78. The number of hydrogen-bond donors (Lipinski definition) is 0. The van der Waals surface area contributed by atoms with E-state index in [1.165, 1.54) is 12.1 Å². The van der Waals surface area contributed by atoms with Crippen LogP contribution in [-0.2, 0) is 6.42 Å². The lowest BCUT2D eigenvalue weighted by Gasteiger charge is -2.04. The van der Waals surface area contributed by atoms with Crippen molar-refractivity contribution >= 4 is 17.4 Å². The standard InChI is InChI=1S/C14H8ClF3O/c15-10-1-2-13(18)8(3-10)6-14(19)9-4-11(16)7-12(17)5-9/h1-5,7H,6H2. The molecule has 0 spiro atoms. The first-order chi connectivity index (χ1) is 8.95. The molecule has 0 aliphatic heterocycles. The summed E-state index contributed by atoms with van der Waals surface area (Å²) in [6.45, 7) is 0. The van der Waals surface area contributed by atoms with Gasteiger partial charge in [-0.25, -0.2) is 13.2 Å². The Kier molecular flexibility index (Phi) is 3.90. The second-order valence-corrected chi connectivity index (χ2v) is 4.43. The van der Waals surface area contributed by atoms with E-state index in [1.54, 1.807) is 0 Å². The third kappa shape index (κ3) is 3.35. The number of carbonyl (C=O) groups is 1. The maximum Gasteiger partial charge on any atom is 0.167 e. The molecule has 0 aliphatic carbocycles. The summed E-state index contributed by atoms with van der Waals surface area (Å²) >= 11 is 5.70. The Hall–Kier alpha value is -1.81. The van der Waals surface area contributed by atoms with Crippen molar-refractivity contribution < 1.29 is 18.0 Å². The van der Waals surface area contributed by atoms with Crippen molar-refractivity contribution in [2.75, 3.05) is 0 Å². The minimum absolute atomic E-state index is 0.0853. The van der Waals surface area contributed by atoms with Crippen LogP contribution in [0, 0.1) is 17.5 Å². The average Bonchev–Trinajstić information content (AvgIpc) is 2.32. The van der Waals surface area contributed by atoms with Crippen molar-refractivity contribution in [2.24, 2.45) is 0 Å². The minimum atomic E-state index is -0.852. The second kappa shape index (κ2) is 5.45. The highest BCUT2D eigenvalue weighted by molar-refractivity contribution is 6.30. The molecule has 0 fully saturated rings. The summed E-state index contributed by atoms with van der Waals surface area (Å²) < 4.78 is 39.4. The Morgan fingerprint density at radius 3 is 2.26 bits per heavy atom. The number of benzene rings is 2. The third-order valence-electron chi connectivity index (χ3n) is 2.54. The first-order valence-corrected chi connectivity index (χ1v) is 5.77. The summed E-state index contributed by atoms with van der Waals surface area (Å²) in [4.78, 5) is 11.8. The summed E-state index contributed by atoms with van der Waals surface area (Å²) in [6.07, 6.45) is -0.310. The van der Waals surface area contributed by atoms with Crippen LogP contribution in [0.2, 0.25) is 5.02 Å². The molecule has 5 heteroatoms. The van der Waals surface area contributed by atoms with Crippen LogP contribution in [0.5, 0.6) is 0 Å². The number of Topliss-reactive ketones (excluding diaryl/α,β-unsaturated/α-hetero) is 1. The SMILES string of the molecule is O=C(Cc1cc(Cl)ccc1F)c1cc(F)cc(F)c1. The Labute approximate surface area is 112 Å². The Morgan fingerprint density at radius 2 is 1.63 bits per heavy atom. The maximum atomic E-state index is 13.4. The van der Waals surface area contributed by atoms with Crippen molar-refractivity contribution in [1.82, 2.24) is 0 Å². The van der Waals surface area contributed by atoms with E-state index >= 15 is 0 Å². The summed E-state index contributed by atoms with van der Waals surface area (Å²) in [5, 5.41) is 0.287. The molecule has 0 radical (unpaired) electrons. The van der Waals surface area contributed by atoms with Crippen molar-refractivity contribution in [1.29, 1.82) is 0 Å². The average molecular weight is 285 g/mol. The molecule has 0 aromatic heterocycles. The monoisotopic (exact) mass is 284 g/mol. The smallest absolute Gasteiger partial charge is 0.167 e. The van der Waals surface area contributed by atoms with Crippen LogP contribution >= 0.6 is 11.6 Å². The molecule has 0 N–H and O–H groups in total. The Bertz CT molecular complexity index is 620. The molecule has 0 aliphatic rings. The number of halogens is 4. The van der Waals surface area contributed by atoms with E-state index in [4.69, 9.17) is 11.6 Å². The molecule has 0 bridgehead atoms. The van der Waals surface area contributed by atoms with Gasteiger partial charge in [-0.3, -0.25) is 4.79 Å². The van der Waals surface area contributed by atoms with E-state index < -0.39 is 23.2 Å². The lowest BCUT2D eigenvalue weighted by atomic mass is 10.0. The number of rotatable bonds is 3. The molecule has 2 rings (SSSR count). The molecule has 0 heterocycles. The highest BCUT2D eigenvalue weighted by Gasteiger charge is 2.13. The van der Waals surface area contributed by atoms with Gasteiger partial charge in [-0.15, -0.1) is 0 Å². The molecule has 2 aromatic carbocycles. The quantitative estimate of drug-likeness (QED) is 0.773. The molecular weight excluding hydrogens is 277 g/mol. The Morgan fingerprint density at radius 1 is 1.00 bits per heavy atom. The lowest BCUT2D eigenvalue weighted by Crippen LogP contribution is -2.06. The zero-order valence-corrected chi connectivity index (χ0v) is 10.3. The fraction of sp³-hybridized carbons (Fsp3) is 0.0714. The zero-order chi connectivity index (χ0) is 14.0. The van der Waals surface area contributed by atoms with Gasteiger partial charge in [0.1, 0.15) is 17.5 Å². The summed E-state index contributed by atoms with van der Waals surface area (Å²) in [7, 11) is 0. The van der Waals surface area contributed by atoms with Crippen molar-refractivity contribution in [3.05, 3.63) is 70.0 Å². The van der Waals surface area contributed by atoms with Crippen LogP contribution in [0.15, 0.2) is 36.4 Å². The highest BCUT2D eigenvalue weighted by Crippen LogP contribution is 2.18. The van der Waals surface area contributed by atoms with E-state index in [9.17, 15) is 18.0 Å². The molecule has 0 amide bonds. The number of ketones is 1. The summed E-state index contributed by atoms with van der Waals surface area (Å²) in [6, 6.07) is 6.28. The largest absolute Gasteiger partial charge is 0.294 e. The fourth-order valence-corrected chi connectivity index (χ4v) is 1.86. The number of carbonyl (C=O) groups excluding carboxylic acids is 1. The molecule has 0 unspecified atom stereocenters. The molecule has 0 saturated heterocycles. The molecular formula is C14H8ClF3O. The predicted molar refractivity (Wildman–Crippen MR) is 65.8 cm³/mol. The van der Waals surface area contributed by atoms with Gasteiger partial charge >= 0.3 is 0 Å². The molecule has 19 heavy (non-hydrogen) atoms. The van der Waals surface area contributed by atoms with Crippen LogP contribution in [-0.4, -0.2) is 5.78 Å². The fourth-order valence-electron chi connectivity index (χ4n) is 1.67. The van der Waals surface area contributed by atoms with E-state index in [1.807, 2.05) is 0 Å². The predicted octanol–water partition coefficient (Wildman–Crippen LogP) is 4.18. The topological polar surface area (TPSA) is 17.1 Å². The maximum absolute atomic E-state index is 13.4. The highest BCUT2D eigenvalue weighted by atomic mass is 35.5. The number of hydrogen-bond acceptors (Lipinski definition) is 1. The first kappa shape index (κ1) is 13.6. The van der Waals surface area contributed by atoms with Crippen LogP contribution in [0.3, 0.4) is 0 Å². The van der Waals surface area contributed by atoms with Gasteiger partial charge in [0.05, 0.1) is 0 Å². The van der Waals surface area contributed by atoms with Crippen LogP contribution in [0.1, 0.15) is 15.9 Å². The van der Waals surface area contributed by atoms with Crippen LogP contribution in [0.25, 0.3) is 0 Å². The lowest BCUT2D eigenvalue weighted by molar-refractivity contribution is 0.0991.